The van der Waals surface area contributed by atoms with Gasteiger partial charge in [-0.05, 0) is 95.9 Å². The molecule has 1 aromatic heterocycles. The minimum absolute atomic E-state index is 0.329. The van der Waals surface area contributed by atoms with Gasteiger partial charge < -0.3 is 19.8 Å². The zero-order chi connectivity index (χ0) is 44.2. The minimum Gasteiger partial charge on any atom is -0.508 e. The Morgan fingerprint density at radius 1 is 0.561 bits per heavy atom. The highest BCUT2D eigenvalue weighted by Gasteiger charge is 2.32. The predicted octanol–water partition coefficient (Wildman–Crippen LogP) is 14.0. The highest BCUT2D eigenvalue weighted by atomic mass is 16.3. The fraction of sp³-hybridized carbons (Fsp3) is 0.706. The normalized spacial score (nSPS) is 15.7. The van der Waals surface area contributed by atoms with E-state index in [0.29, 0.717) is 5.75 Å². The molecule has 6 nitrogen and oxygen atoms in total. The van der Waals surface area contributed by atoms with Crippen LogP contribution in [0.4, 0.5) is 5.69 Å². The molecule has 0 aliphatic carbocycles. The molecule has 0 bridgehead atoms. The molecule has 6 heteroatoms. The van der Waals surface area contributed by atoms with E-state index in [0.717, 1.165) is 30.7 Å². The Morgan fingerprint density at radius 3 is 1.40 bits per heavy atom. The molecule has 2 aromatic carbocycles. The lowest BCUT2D eigenvalue weighted by Gasteiger charge is -2.46. The molecule has 0 saturated carbocycles. The van der Waals surface area contributed by atoms with Crippen LogP contribution >= 0.6 is 0 Å². The molecular weight excluding hydrogens is 699 g/mol. The number of phenols is 1. The Hall–Kier alpha value is -2.67. The summed E-state index contributed by atoms with van der Waals surface area (Å²) in [6, 6.07) is 15.3. The Bertz CT molecular complexity index is 1240. The van der Waals surface area contributed by atoms with Crippen LogP contribution in [0.1, 0.15) is 165 Å². The monoisotopic (exact) mass is 796 g/mol. The summed E-state index contributed by atoms with van der Waals surface area (Å²) >= 11 is 0. The van der Waals surface area contributed by atoms with Crippen molar-refractivity contribution in [3.63, 3.8) is 0 Å². The largest absolute Gasteiger partial charge is 0.508 e. The van der Waals surface area contributed by atoms with Crippen LogP contribution < -0.4 is 4.90 Å². The van der Waals surface area contributed by atoms with Crippen molar-refractivity contribution >= 4 is 16.6 Å². The number of piperazine rings is 1. The number of aromatic nitrogens is 1. The van der Waals surface area contributed by atoms with E-state index in [1.807, 2.05) is 88.3 Å². The third kappa shape index (κ3) is 22.9. The summed E-state index contributed by atoms with van der Waals surface area (Å²) in [5.41, 5.74) is 6.34. The molecule has 0 unspecified atom stereocenters. The zero-order valence-electron chi connectivity index (χ0n) is 41.3. The van der Waals surface area contributed by atoms with E-state index in [9.17, 15) is 0 Å². The van der Waals surface area contributed by atoms with Gasteiger partial charge >= 0.3 is 0 Å². The summed E-state index contributed by atoms with van der Waals surface area (Å²) in [5, 5.41) is 10.1. The fourth-order valence-electron chi connectivity index (χ4n) is 6.87. The molecule has 0 amide bonds. The number of piperidine rings is 2. The van der Waals surface area contributed by atoms with Crippen molar-refractivity contribution in [2.45, 2.75) is 182 Å². The summed E-state index contributed by atoms with van der Waals surface area (Å²) in [5.74, 6) is 0.329. The van der Waals surface area contributed by atoms with E-state index in [2.05, 4.69) is 97.4 Å². The van der Waals surface area contributed by atoms with Crippen LogP contribution in [0.5, 0.6) is 5.75 Å². The lowest BCUT2D eigenvalue weighted by atomic mass is 9.95. The molecule has 3 aliphatic rings. The molecule has 3 aromatic rings. The van der Waals surface area contributed by atoms with Gasteiger partial charge in [0.2, 0.25) is 0 Å². The minimum atomic E-state index is 0.329. The van der Waals surface area contributed by atoms with Crippen molar-refractivity contribution in [2.24, 2.45) is 0 Å². The number of unbranched alkanes of at least 4 members (excludes halogenated alkanes) is 1. The SMILES string of the molecule is CC.CC.CC.CC.CC.CCC.CCCC.CCN1CCN(C2CCN(C3CCN(c4c(C)cnc5ccc(C)cc45)CC3)CC2)CC1.Cc1ccc(O)cc1. The van der Waals surface area contributed by atoms with Crippen LogP contribution in [-0.4, -0.2) is 95.8 Å². The van der Waals surface area contributed by atoms with Crippen LogP contribution in [0.15, 0.2) is 48.7 Å². The van der Waals surface area contributed by atoms with Crippen LogP contribution in [-0.2, 0) is 0 Å². The summed E-state index contributed by atoms with van der Waals surface area (Å²) in [4.78, 5) is 15.5. The highest BCUT2D eigenvalue weighted by Crippen LogP contribution is 2.33. The number of anilines is 1. The smallest absolute Gasteiger partial charge is 0.115 e. The Labute approximate surface area is 356 Å². The maximum absolute atomic E-state index is 8.76. The van der Waals surface area contributed by atoms with Gasteiger partial charge in [0.1, 0.15) is 5.75 Å². The number of nitrogens with zero attached hydrogens (tertiary/aromatic N) is 5. The average molecular weight is 796 g/mol. The van der Waals surface area contributed by atoms with Crippen molar-refractivity contribution in [2.75, 3.05) is 63.8 Å². The van der Waals surface area contributed by atoms with Crippen LogP contribution in [0.25, 0.3) is 10.9 Å². The maximum atomic E-state index is 8.76. The van der Waals surface area contributed by atoms with Gasteiger partial charge in [-0.25, -0.2) is 0 Å². The molecule has 0 spiro atoms. The molecule has 1 N–H and O–H groups in total. The Morgan fingerprint density at radius 2 is 0.982 bits per heavy atom. The van der Waals surface area contributed by atoms with Gasteiger partial charge in [-0.2, -0.15) is 0 Å². The summed E-state index contributed by atoms with van der Waals surface area (Å²) in [7, 11) is 0. The van der Waals surface area contributed by atoms with Crippen molar-refractivity contribution in [1.82, 2.24) is 19.7 Å². The molecule has 4 heterocycles. The van der Waals surface area contributed by atoms with Crippen molar-refractivity contribution in [3.8, 4) is 5.75 Å². The van der Waals surface area contributed by atoms with Gasteiger partial charge in [0.05, 0.1) is 11.2 Å². The number of phenolic OH excluding ortho intramolecular Hbond substituents is 1. The van der Waals surface area contributed by atoms with Gasteiger partial charge in [0.25, 0.3) is 0 Å². The first-order valence-electron chi connectivity index (χ1n) is 23.8. The quantitative estimate of drug-likeness (QED) is 0.278. The predicted molar refractivity (Wildman–Crippen MR) is 261 cm³/mol. The number of benzene rings is 2. The number of aryl methyl sites for hydroxylation is 3. The van der Waals surface area contributed by atoms with E-state index in [1.54, 1.807) is 12.1 Å². The molecule has 3 fully saturated rings. The van der Waals surface area contributed by atoms with Crippen LogP contribution in [0, 0.1) is 20.8 Å². The van der Waals surface area contributed by atoms with Gasteiger partial charge in [-0.15, -0.1) is 0 Å². The van der Waals surface area contributed by atoms with E-state index in [-0.39, 0.29) is 0 Å². The molecule has 57 heavy (non-hydrogen) atoms. The topological polar surface area (TPSA) is 46.1 Å². The standard InChI is InChI=1S/C27H41N5.C7H8O.C4H10.C3H8.5C2H6/c1-4-29-15-17-31(18-16-29)24-7-11-30(12-8-24)23-9-13-32(14-10-23)27-22(3)20-28-26-6-5-21(2)19-25(26)27;1-6-2-4-7(8)5-3-6;1-3-4-2;1-3-2;5*1-2/h5-6,19-20,23-24H,4,7-18H2,1-3H3;2-5,8H,1H3;3-4H2,1-2H3;3H2,1-2H3;5*1-2H3. The maximum Gasteiger partial charge on any atom is 0.115 e. The van der Waals surface area contributed by atoms with Gasteiger partial charge in [-0.1, -0.05) is 152 Å². The Balaban J connectivity index is -0.000000965. The molecule has 0 radical (unpaired) electrons. The molecule has 0 atom stereocenters. The second-order valence-electron chi connectivity index (χ2n) is 13.8. The average Bonchev–Trinajstić information content (AvgIpc) is 3.29. The first-order chi connectivity index (χ1) is 27.7. The third-order valence-electron chi connectivity index (χ3n) is 9.88. The van der Waals surface area contributed by atoms with E-state index < -0.39 is 0 Å². The van der Waals surface area contributed by atoms with Crippen molar-refractivity contribution in [3.05, 3.63) is 65.4 Å². The lowest BCUT2D eigenvalue weighted by Crippen LogP contribution is -2.55. The van der Waals surface area contributed by atoms with E-state index in [4.69, 9.17) is 5.11 Å². The number of pyridine rings is 1. The molecule has 6 rings (SSSR count). The third-order valence-corrected chi connectivity index (χ3v) is 9.88. The summed E-state index contributed by atoms with van der Waals surface area (Å²) in [6.07, 6.45) is 11.2. The number of hydrogen-bond donors (Lipinski definition) is 1. The Kier molecular flexibility index (Phi) is 39.9. The number of likely N-dealkylation sites (N-methyl/N-ethyl adjacent to an activating group) is 1. The number of fused-ring (bicyclic) bond motifs is 1. The molecule has 3 aliphatic heterocycles. The number of likely N-dealkylation sites (tertiary alicyclic amines) is 1. The van der Waals surface area contributed by atoms with Crippen molar-refractivity contribution < 1.29 is 5.11 Å². The lowest BCUT2D eigenvalue weighted by molar-refractivity contribution is 0.0450. The van der Waals surface area contributed by atoms with Crippen LogP contribution in [0.2, 0.25) is 0 Å². The molecular formula is C51H97N5O. The molecule has 3 saturated heterocycles. The van der Waals surface area contributed by atoms with Crippen molar-refractivity contribution in [1.29, 1.82) is 0 Å². The second-order valence-corrected chi connectivity index (χ2v) is 13.8. The second kappa shape index (κ2) is 38.8. The summed E-state index contributed by atoms with van der Waals surface area (Å²) < 4.78 is 0. The van der Waals surface area contributed by atoms with Gasteiger partial charge in [-0.3, -0.25) is 9.88 Å². The first kappa shape index (κ1) is 58.6. The van der Waals surface area contributed by atoms with E-state index >= 15 is 0 Å². The first-order valence-corrected chi connectivity index (χ1v) is 23.8. The van der Waals surface area contributed by atoms with E-state index in [1.165, 1.54) is 119 Å². The molecule has 332 valence electrons. The highest BCUT2D eigenvalue weighted by molar-refractivity contribution is 5.93. The number of aromatic hydroxyl groups is 1. The number of hydrogen-bond acceptors (Lipinski definition) is 6. The van der Waals surface area contributed by atoms with Crippen LogP contribution in [0.3, 0.4) is 0 Å². The number of rotatable bonds is 5. The zero-order valence-corrected chi connectivity index (χ0v) is 41.3. The van der Waals surface area contributed by atoms with Gasteiger partial charge in [0.15, 0.2) is 0 Å². The summed E-state index contributed by atoms with van der Waals surface area (Å²) in [6.45, 7) is 48.5. The van der Waals surface area contributed by atoms with Gasteiger partial charge in [0, 0.05) is 62.9 Å². The fourth-order valence-corrected chi connectivity index (χ4v) is 6.87.